The van der Waals surface area contributed by atoms with Gasteiger partial charge in [-0.3, -0.25) is 4.79 Å². The number of amides is 1. The highest BCUT2D eigenvalue weighted by atomic mass is 79.9. The predicted molar refractivity (Wildman–Crippen MR) is 77.6 cm³/mol. The summed E-state index contributed by atoms with van der Waals surface area (Å²) in [7, 11) is -3.84. The summed E-state index contributed by atoms with van der Waals surface area (Å²) in [5.41, 5.74) is 0.687. The van der Waals surface area contributed by atoms with Gasteiger partial charge >= 0.3 is 0 Å². The first-order valence-corrected chi connectivity index (χ1v) is 8.24. The van der Waals surface area contributed by atoms with Gasteiger partial charge in [0.25, 0.3) is 15.9 Å². The van der Waals surface area contributed by atoms with Gasteiger partial charge in [0.15, 0.2) is 0 Å². The third-order valence-electron chi connectivity index (χ3n) is 3.22. The van der Waals surface area contributed by atoms with Gasteiger partial charge in [0, 0.05) is 0 Å². The molecule has 1 aliphatic heterocycles. The van der Waals surface area contributed by atoms with Crippen molar-refractivity contribution < 1.29 is 17.6 Å². The summed E-state index contributed by atoms with van der Waals surface area (Å²) in [5, 5.41) is 0. The van der Waals surface area contributed by atoms with Gasteiger partial charge < -0.3 is 0 Å². The fourth-order valence-electron chi connectivity index (χ4n) is 2.19. The summed E-state index contributed by atoms with van der Waals surface area (Å²) < 4.78 is 39.0. The van der Waals surface area contributed by atoms with Crippen LogP contribution >= 0.6 is 15.9 Å². The molecule has 0 atom stereocenters. The van der Waals surface area contributed by atoms with Gasteiger partial charge in [-0.1, -0.05) is 18.2 Å². The molecule has 3 rings (SSSR count). The molecular weight excluding hydrogens is 361 g/mol. The smallest absolute Gasteiger partial charge is 0.268 e. The maximum absolute atomic E-state index is 13.2. The highest BCUT2D eigenvalue weighted by Crippen LogP contribution is 2.31. The molecule has 0 saturated heterocycles. The molecule has 2 aromatic carbocycles. The molecule has 2 aromatic rings. The van der Waals surface area contributed by atoms with Crippen LogP contribution < -0.4 is 0 Å². The molecule has 0 aliphatic carbocycles. The number of hydrogen-bond acceptors (Lipinski definition) is 3. The van der Waals surface area contributed by atoms with Crippen LogP contribution in [0, 0.1) is 5.82 Å². The van der Waals surface area contributed by atoms with Crippen molar-refractivity contribution in [3.63, 3.8) is 0 Å². The maximum Gasteiger partial charge on any atom is 0.269 e. The van der Waals surface area contributed by atoms with E-state index in [1.165, 1.54) is 30.3 Å². The molecule has 21 heavy (non-hydrogen) atoms. The van der Waals surface area contributed by atoms with E-state index in [1.807, 2.05) is 0 Å². The monoisotopic (exact) mass is 369 g/mol. The number of halogens is 2. The second-order valence-electron chi connectivity index (χ2n) is 4.56. The van der Waals surface area contributed by atoms with Crippen molar-refractivity contribution in [2.75, 3.05) is 0 Å². The number of rotatable bonds is 2. The molecule has 0 fully saturated rings. The lowest BCUT2D eigenvalue weighted by atomic mass is 10.2. The molecule has 0 bridgehead atoms. The Balaban J connectivity index is 2.01. The third kappa shape index (κ3) is 2.26. The SMILES string of the molecule is O=C1c2ccccc2S(=O)(=O)N1Cc1ccc(F)c(Br)c1. The van der Waals surface area contributed by atoms with Gasteiger partial charge in [-0.25, -0.2) is 17.1 Å². The molecular formula is C14H9BrFNO3S. The van der Waals surface area contributed by atoms with Crippen LogP contribution in [0.1, 0.15) is 15.9 Å². The number of hydrogen-bond donors (Lipinski definition) is 0. The minimum absolute atomic E-state index is 0.0103. The minimum Gasteiger partial charge on any atom is -0.268 e. The fourth-order valence-corrected chi connectivity index (χ4v) is 4.17. The van der Waals surface area contributed by atoms with E-state index in [1.54, 1.807) is 12.1 Å². The van der Waals surface area contributed by atoms with Crippen LogP contribution in [0.15, 0.2) is 51.8 Å². The first-order valence-electron chi connectivity index (χ1n) is 6.01. The Kier molecular flexibility index (Phi) is 3.33. The lowest BCUT2D eigenvalue weighted by Gasteiger charge is -2.15. The van der Waals surface area contributed by atoms with E-state index in [-0.39, 0.29) is 21.5 Å². The van der Waals surface area contributed by atoms with Gasteiger partial charge in [-0.2, -0.15) is 0 Å². The summed E-state index contributed by atoms with van der Waals surface area (Å²) in [6.45, 7) is -0.130. The second kappa shape index (κ2) is 4.92. The minimum atomic E-state index is -3.84. The fraction of sp³-hybridized carbons (Fsp3) is 0.0714. The average Bonchev–Trinajstić information content (AvgIpc) is 2.65. The second-order valence-corrected chi connectivity index (χ2v) is 7.25. The van der Waals surface area contributed by atoms with E-state index in [4.69, 9.17) is 0 Å². The van der Waals surface area contributed by atoms with E-state index in [9.17, 15) is 17.6 Å². The Hall–Kier alpha value is -1.73. The highest BCUT2D eigenvalue weighted by molar-refractivity contribution is 9.10. The van der Waals surface area contributed by atoms with Crippen LogP contribution in [-0.4, -0.2) is 18.6 Å². The van der Waals surface area contributed by atoms with Gasteiger partial charge in [-0.15, -0.1) is 0 Å². The summed E-state index contributed by atoms with van der Waals surface area (Å²) in [5.74, 6) is -1.01. The molecule has 0 spiro atoms. The van der Waals surface area contributed by atoms with E-state index in [0.29, 0.717) is 5.56 Å². The average molecular weight is 370 g/mol. The lowest BCUT2D eigenvalue weighted by molar-refractivity contribution is 0.0865. The Morgan fingerprint density at radius 3 is 2.52 bits per heavy atom. The zero-order chi connectivity index (χ0) is 15.2. The van der Waals surface area contributed by atoms with Gasteiger partial charge in [-0.05, 0) is 45.8 Å². The largest absolute Gasteiger partial charge is 0.269 e. The Morgan fingerprint density at radius 2 is 1.86 bits per heavy atom. The van der Waals surface area contributed by atoms with Gasteiger partial charge in [0.2, 0.25) is 0 Å². The van der Waals surface area contributed by atoms with Crippen LogP contribution in [0.5, 0.6) is 0 Å². The van der Waals surface area contributed by atoms with E-state index in [2.05, 4.69) is 15.9 Å². The molecule has 1 aliphatic rings. The van der Waals surface area contributed by atoms with Crippen molar-refractivity contribution in [1.29, 1.82) is 0 Å². The maximum atomic E-state index is 13.2. The number of benzene rings is 2. The Morgan fingerprint density at radius 1 is 1.14 bits per heavy atom. The Labute approximate surface area is 129 Å². The lowest BCUT2D eigenvalue weighted by Crippen LogP contribution is -2.29. The molecule has 0 unspecified atom stereocenters. The number of nitrogens with zero attached hydrogens (tertiary/aromatic N) is 1. The zero-order valence-corrected chi connectivity index (χ0v) is 13.0. The van der Waals surface area contributed by atoms with Crippen molar-refractivity contribution >= 4 is 31.9 Å². The molecule has 4 nitrogen and oxygen atoms in total. The highest BCUT2D eigenvalue weighted by Gasteiger charge is 2.40. The standard InChI is InChI=1S/C14H9BrFNO3S/c15-11-7-9(5-6-12(11)16)8-17-14(18)10-3-1-2-4-13(10)21(17,19)20/h1-7H,8H2. The quantitative estimate of drug-likeness (QED) is 0.817. The summed E-state index contributed by atoms with van der Waals surface area (Å²) in [6, 6.07) is 10.2. The number of carbonyl (C=O) groups excluding carboxylic acids is 1. The van der Waals surface area contributed by atoms with Crippen LogP contribution in [-0.2, 0) is 16.6 Å². The van der Waals surface area contributed by atoms with Crippen LogP contribution in [0.4, 0.5) is 4.39 Å². The van der Waals surface area contributed by atoms with Crippen LogP contribution in [0.25, 0.3) is 0 Å². The first-order chi connectivity index (χ1) is 9.91. The molecule has 0 aromatic heterocycles. The topological polar surface area (TPSA) is 54.5 Å². The summed E-state index contributed by atoms with van der Waals surface area (Å²) >= 11 is 3.04. The third-order valence-corrected chi connectivity index (χ3v) is 5.62. The van der Waals surface area contributed by atoms with E-state index < -0.39 is 21.7 Å². The summed E-state index contributed by atoms with van der Waals surface area (Å²) in [6.07, 6.45) is 0. The van der Waals surface area contributed by atoms with Crippen LogP contribution in [0.3, 0.4) is 0 Å². The normalized spacial score (nSPS) is 16.1. The molecule has 1 amide bonds. The van der Waals surface area contributed by atoms with Crippen molar-refractivity contribution in [3.8, 4) is 0 Å². The zero-order valence-electron chi connectivity index (χ0n) is 10.6. The first kappa shape index (κ1) is 14.2. The van der Waals surface area contributed by atoms with E-state index in [0.717, 1.165) is 4.31 Å². The predicted octanol–water partition coefficient (Wildman–Crippen LogP) is 2.93. The van der Waals surface area contributed by atoms with E-state index >= 15 is 0 Å². The molecule has 1 heterocycles. The molecule has 0 saturated carbocycles. The summed E-state index contributed by atoms with van der Waals surface area (Å²) in [4.78, 5) is 12.2. The van der Waals surface area contributed by atoms with Crippen molar-refractivity contribution in [2.45, 2.75) is 11.4 Å². The van der Waals surface area contributed by atoms with Crippen molar-refractivity contribution in [1.82, 2.24) is 4.31 Å². The molecule has 0 N–H and O–H groups in total. The molecule has 0 radical (unpaired) electrons. The number of sulfonamides is 1. The van der Waals surface area contributed by atoms with Crippen molar-refractivity contribution in [3.05, 3.63) is 63.9 Å². The molecule has 108 valence electrons. The van der Waals surface area contributed by atoms with Gasteiger partial charge in [0.05, 0.1) is 16.6 Å². The van der Waals surface area contributed by atoms with Gasteiger partial charge in [0.1, 0.15) is 10.7 Å². The number of carbonyl (C=O) groups is 1. The van der Waals surface area contributed by atoms with Crippen LogP contribution in [0.2, 0.25) is 0 Å². The Bertz CT molecular complexity index is 851. The molecule has 7 heteroatoms. The number of fused-ring (bicyclic) bond motifs is 1. The van der Waals surface area contributed by atoms with Crippen molar-refractivity contribution in [2.24, 2.45) is 0 Å².